The molecule has 2 aromatic rings. The molecule has 4 nitrogen and oxygen atoms in total. The molecule has 0 aliphatic carbocycles. The molecule has 1 aliphatic heterocycles. The van der Waals surface area contributed by atoms with Crippen LogP contribution in [0.3, 0.4) is 0 Å². The van der Waals surface area contributed by atoms with Crippen LogP contribution < -0.4 is 5.32 Å². The fraction of sp³-hybridized carbons (Fsp3) is 0.421. The molecule has 128 valence electrons. The molecule has 1 amide bonds. The van der Waals surface area contributed by atoms with E-state index in [4.69, 9.17) is 16.0 Å². The van der Waals surface area contributed by atoms with Crippen LogP contribution in [0.1, 0.15) is 36.7 Å². The van der Waals surface area contributed by atoms with Crippen LogP contribution in [0.15, 0.2) is 40.8 Å². The standard InChI is InChI=1S/C19H23ClN2O2/c1-2-11-22-12-9-14(10-13-22)21-19(23)18-8-7-17(24-18)15-5-3-4-6-16(15)20/h3-8,14H,2,9-13H2,1H3,(H,21,23). The van der Waals surface area contributed by atoms with Crippen molar-refractivity contribution in [2.45, 2.75) is 32.2 Å². The molecule has 0 unspecified atom stereocenters. The molecule has 3 rings (SSSR count). The highest BCUT2D eigenvalue weighted by atomic mass is 35.5. The number of rotatable bonds is 5. The minimum absolute atomic E-state index is 0.151. The van der Waals surface area contributed by atoms with E-state index >= 15 is 0 Å². The number of amides is 1. The highest BCUT2D eigenvalue weighted by Crippen LogP contribution is 2.29. The molecule has 1 aliphatic rings. The van der Waals surface area contributed by atoms with Crippen molar-refractivity contribution in [3.63, 3.8) is 0 Å². The number of piperidine rings is 1. The summed E-state index contributed by atoms with van der Waals surface area (Å²) in [6.07, 6.45) is 3.15. The molecule has 0 saturated carbocycles. The van der Waals surface area contributed by atoms with Crippen molar-refractivity contribution in [1.82, 2.24) is 10.2 Å². The van der Waals surface area contributed by atoms with Gasteiger partial charge in [0.15, 0.2) is 5.76 Å². The van der Waals surface area contributed by atoms with Gasteiger partial charge in [0.25, 0.3) is 5.91 Å². The van der Waals surface area contributed by atoms with Gasteiger partial charge in [0.1, 0.15) is 5.76 Å². The van der Waals surface area contributed by atoms with Gasteiger partial charge in [-0.1, -0.05) is 30.7 Å². The second-order valence-corrected chi connectivity index (χ2v) is 6.64. The first-order valence-corrected chi connectivity index (χ1v) is 8.93. The van der Waals surface area contributed by atoms with Crippen molar-refractivity contribution in [3.8, 4) is 11.3 Å². The van der Waals surface area contributed by atoms with Gasteiger partial charge in [-0.25, -0.2) is 0 Å². The van der Waals surface area contributed by atoms with Gasteiger partial charge in [-0.3, -0.25) is 4.79 Å². The van der Waals surface area contributed by atoms with Crippen molar-refractivity contribution in [2.75, 3.05) is 19.6 Å². The molecule has 2 heterocycles. The molecule has 0 atom stereocenters. The summed E-state index contributed by atoms with van der Waals surface area (Å²) in [6.45, 7) is 5.42. The van der Waals surface area contributed by atoms with Crippen molar-refractivity contribution >= 4 is 17.5 Å². The molecule has 24 heavy (non-hydrogen) atoms. The average Bonchev–Trinajstić information content (AvgIpc) is 3.07. The van der Waals surface area contributed by atoms with Gasteiger partial charge in [0, 0.05) is 24.7 Å². The Morgan fingerprint density at radius 3 is 2.71 bits per heavy atom. The molecule has 0 spiro atoms. The quantitative estimate of drug-likeness (QED) is 0.882. The molecule has 1 saturated heterocycles. The predicted molar refractivity (Wildman–Crippen MR) is 96.4 cm³/mol. The minimum Gasteiger partial charge on any atom is -0.451 e. The molecule has 1 fully saturated rings. The van der Waals surface area contributed by atoms with E-state index in [0.717, 1.165) is 38.0 Å². The Labute approximate surface area is 147 Å². The Hall–Kier alpha value is -1.78. The zero-order valence-corrected chi connectivity index (χ0v) is 14.7. The fourth-order valence-corrected chi connectivity index (χ4v) is 3.37. The summed E-state index contributed by atoms with van der Waals surface area (Å²) < 4.78 is 5.71. The Kier molecular flexibility index (Phi) is 5.59. The minimum atomic E-state index is -0.151. The smallest absolute Gasteiger partial charge is 0.287 e. The van der Waals surface area contributed by atoms with Gasteiger partial charge in [-0.2, -0.15) is 0 Å². The normalized spacial score (nSPS) is 16.2. The Bertz CT molecular complexity index is 690. The van der Waals surface area contributed by atoms with Crippen LogP contribution in [-0.2, 0) is 0 Å². The Morgan fingerprint density at radius 2 is 2.00 bits per heavy atom. The summed E-state index contributed by atoms with van der Waals surface area (Å²) in [5, 5.41) is 3.70. The summed E-state index contributed by atoms with van der Waals surface area (Å²) >= 11 is 6.18. The van der Waals surface area contributed by atoms with Crippen molar-refractivity contribution in [2.24, 2.45) is 0 Å². The van der Waals surface area contributed by atoms with Gasteiger partial charge < -0.3 is 14.6 Å². The van der Waals surface area contributed by atoms with Crippen LogP contribution in [0.2, 0.25) is 5.02 Å². The van der Waals surface area contributed by atoms with Crippen LogP contribution in [-0.4, -0.2) is 36.5 Å². The number of halogens is 1. The summed E-state index contributed by atoms with van der Waals surface area (Å²) in [4.78, 5) is 14.8. The topological polar surface area (TPSA) is 45.5 Å². The van der Waals surface area contributed by atoms with Crippen molar-refractivity contribution < 1.29 is 9.21 Å². The lowest BCUT2D eigenvalue weighted by molar-refractivity contribution is 0.0884. The van der Waals surface area contributed by atoms with E-state index in [9.17, 15) is 4.79 Å². The third-order valence-corrected chi connectivity index (χ3v) is 4.76. The first-order valence-electron chi connectivity index (χ1n) is 8.55. The summed E-state index contributed by atoms with van der Waals surface area (Å²) in [7, 11) is 0. The zero-order chi connectivity index (χ0) is 16.9. The summed E-state index contributed by atoms with van der Waals surface area (Å²) in [6, 6.07) is 11.2. The van der Waals surface area contributed by atoms with Gasteiger partial charge in [-0.15, -0.1) is 0 Å². The van der Waals surface area contributed by atoms with Crippen molar-refractivity contribution in [1.29, 1.82) is 0 Å². The molecule has 1 aromatic heterocycles. The average molecular weight is 347 g/mol. The number of nitrogens with one attached hydrogen (secondary N) is 1. The van der Waals surface area contributed by atoms with Crippen LogP contribution in [0, 0.1) is 0 Å². The Balaban J connectivity index is 1.60. The highest BCUT2D eigenvalue weighted by Gasteiger charge is 2.22. The van der Waals surface area contributed by atoms with Gasteiger partial charge in [-0.05, 0) is 50.1 Å². The van der Waals surface area contributed by atoms with Gasteiger partial charge in [0.05, 0.1) is 5.02 Å². The first kappa shape index (κ1) is 17.1. The van der Waals surface area contributed by atoms with Crippen molar-refractivity contribution in [3.05, 3.63) is 47.2 Å². The lowest BCUT2D eigenvalue weighted by atomic mass is 10.0. The molecule has 0 bridgehead atoms. The first-order chi connectivity index (χ1) is 11.7. The van der Waals surface area contributed by atoms with Gasteiger partial charge in [0.2, 0.25) is 0 Å². The SMILES string of the molecule is CCCN1CCC(NC(=O)c2ccc(-c3ccccc3Cl)o2)CC1. The van der Waals surface area contributed by atoms with Crippen LogP contribution in [0.25, 0.3) is 11.3 Å². The molecule has 1 aromatic carbocycles. The second-order valence-electron chi connectivity index (χ2n) is 6.23. The lowest BCUT2D eigenvalue weighted by Gasteiger charge is -2.31. The number of hydrogen-bond donors (Lipinski definition) is 1. The van der Waals surface area contributed by atoms with E-state index in [2.05, 4.69) is 17.1 Å². The maximum Gasteiger partial charge on any atom is 0.287 e. The van der Waals surface area contributed by atoms with E-state index < -0.39 is 0 Å². The number of carbonyl (C=O) groups excluding carboxylic acids is 1. The zero-order valence-electron chi connectivity index (χ0n) is 13.9. The summed E-state index contributed by atoms with van der Waals surface area (Å²) in [5.41, 5.74) is 0.797. The maximum atomic E-state index is 12.4. The second kappa shape index (κ2) is 7.86. The van der Waals surface area contributed by atoms with Crippen LogP contribution in [0.4, 0.5) is 0 Å². The van der Waals surface area contributed by atoms with Crippen LogP contribution >= 0.6 is 11.6 Å². The fourth-order valence-electron chi connectivity index (χ4n) is 3.14. The molecule has 0 radical (unpaired) electrons. The monoisotopic (exact) mass is 346 g/mol. The number of carbonyl (C=O) groups is 1. The van der Waals surface area contributed by atoms with E-state index in [1.54, 1.807) is 12.1 Å². The van der Waals surface area contributed by atoms with E-state index in [1.807, 2.05) is 24.3 Å². The third kappa shape index (κ3) is 4.00. The van der Waals surface area contributed by atoms with E-state index in [0.29, 0.717) is 16.5 Å². The molecule has 1 N–H and O–H groups in total. The number of furan rings is 1. The van der Waals surface area contributed by atoms with E-state index in [1.165, 1.54) is 6.42 Å². The molecular weight excluding hydrogens is 324 g/mol. The van der Waals surface area contributed by atoms with Gasteiger partial charge >= 0.3 is 0 Å². The number of nitrogens with zero attached hydrogens (tertiary/aromatic N) is 1. The van der Waals surface area contributed by atoms with E-state index in [-0.39, 0.29) is 11.9 Å². The number of benzene rings is 1. The largest absolute Gasteiger partial charge is 0.451 e. The Morgan fingerprint density at radius 1 is 1.25 bits per heavy atom. The molecule has 5 heteroatoms. The number of likely N-dealkylation sites (tertiary alicyclic amines) is 1. The van der Waals surface area contributed by atoms with Crippen LogP contribution in [0.5, 0.6) is 0 Å². The number of hydrogen-bond acceptors (Lipinski definition) is 3. The predicted octanol–water partition coefficient (Wildman–Crippen LogP) is 4.20. The lowest BCUT2D eigenvalue weighted by Crippen LogP contribution is -2.44. The maximum absolute atomic E-state index is 12.4. The molecular formula is C19H23ClN2O2. The highest BCUT2D eigenvalue weighted by molar-refractivity contribution is 6.33. The summed E-state index contributed by atoms with van der Waals surface area (Å²) in [5.74, 6) is 0.798. The third-order valence-electron chi connectivity index (χ3n) is 4.43.